The molecule has 0 spiro atoms. The van der Waals surface area contributed by atoms with Crippen molar-refractivity contribution < 1.29 is 8.81 Å². The predicted molar refractivity (Wildman–Crippen MR) is 77.0 cm³/mol. The Kier molecular flexibility index (Phi) is 3.19. The second kappa shape index (κ2) is 4.88. The molecule has 3 N–H and O–H groups in total. The molecule has 6 heteroatoms. The van der Waals surface area contributed by atoms with Crippen molar-refractivity contribution in [1.82, 2.24) is 4.98 Å². The molecule has 1 heterocycles. The first-order valence-corrected chi connectivity index (χ1v) is 6.67. The van der Waals surface area contributed by atoms with E-state index in [4.69, 9.17) is 10.2 Å². The second-order valence-electron chi connectivity index (χ2n) is 4.41. The maximum atomic E-state index is 13.3. The molecule has 3 rings (SSSR count). The standard InChI is InChI=1S/C14H10BrFN2O2/c15-10-3-2-8(16)6-9(10)13(17)7-1-4-11-12(5-7)20-14(19)18-11/h1-6,13H,17H2,(H,18,19). The van der Waals surface area contributed by atoms with Gasteiger partial charge in [0.2, 0.25) is 0 Å². The summed E-state index contributed by atoms with van der Waals surface area (Å²) in [5.41, 5.74) is 8.54. The molecule has 0 saturated carbocycles. The van der Waals surface area contributed by atoms with Crippen LogP contribution in [-0.4, -0.2) is 4.98 Å². The number of halogens is 2. The van der Waals surface area contributed by atoms with Crippen molar-refractivity contribution in [3.63, 3.8) is 0 Å². The summed E-state index contributed by atoms with van der Waals surface area (Å²) < 4.78 is 19.1. The molecule has 1 aromatic heterocycles. The van der Waals surface area contributed by atoms with E-state index in [1.165, 1.54) is 12.1 Å². The number of benzene rings is 2. The van der Waals surface area contributed by atoms with Crippen molar-refractivity contribution >= 4 is 27.0 Å². The smallest absolute Gasteiger partial charge is 0.408 e. The lowest BCUT2D eigenvalue weighted by Crippen LogP contribution is -2.12. The van der Waals surface area contributed by atoms with E-state index in [1.807, 2.05) is 0 Å². The summed E-state index contributed by atoms with van der Waals surface area (Å²) >= 11 is 3.36. The summed E-state index contributed by atoms with van der Waals surface area (Å²) in [6.07, 6.45) is 0. The zero-order valence-electron chi connectivity index (χ0n) is 10.2. The highest BCUT2D eigenvalue weighted by molar-refractivity contribution is 9.10. The zero-order valence-corrected chi connectivity index (χ0v) is 11.8. The minimum absolute atomic E-state index is 0.354. The van der Waals surface area contributed by atoms with Gasteiger partial charge in [0.1, 0.15) is 5.82 Å². The molecule has 1 unspecified atom stereocenters. The van der Waals surface area contributed by atoms with E-state index in [-0.39, 0.29) is 5.82 Å². The molecule has 0 fully saturated rings. The maximum absolute atomic E-state index is 13.3. The Morgan fingerprint density at radius 2 is 2.05 bits per heavy atom. The van der Waals surface area contributed by atoms with Gasteiger partial charge in [-0.15, -0.1) is 0 Å². The van der Waals surface area contributed by atoms with Crippen LogP contribution in [0.4, 0.5) is 4.39 Å². The zero-order chi connectivity index (χ0) is 14.3. The molecule has 0 radical (unpaired) electrons. The van der Waals surface area contributed by atoms with Gasteiger partial charge in [-0.25, -0.2) is 9.18 Å². The van der Waals surface area contributed by atoms with Crippen LogP contribution in [0, 0.1) is 5.82 Å². The number of oxazole rings is 1. The summed E-state index contributed by atoms with van der Waals surface area (Å²) in [6.45, 7) is 0. The summed E-state index contributed by atoms with van der Waals surface area (Å²) in [7, 11) is 0. The van der Waals surface area contributed by atoms with Crippen molar-refractivity contribution in [1.29, 1.82) is 0 Å². The first kappa shape index (κ1) is 13.1. The van der Waals surface area contributed by atoms with Crippen molar-refractivity contribution in [3.8, 4) is 0 Å². The molecule has 0 saturated heterocycles. The predicted octanol–water partition coefficient (Wildman–Crippen LogP) is 3.07. The fraction of sp³-hybridized carbons (Fsp3) is 0.0714. The number of nitrogens with two attached hydrogens (primary N) is 1. The topological polar surface area (TPSA) is 72.0 Å². The largest absolute Gasteiger partial charge is 0.417 e. The average Bonchev–Trinajstić information content (AvgIpc) is 2.79. The normalized spacial score (nSPS) is 12.8. The molecule has 0 aliphatic heterocycles. The maximum Gasteiger partial charge on any atom is 0.417 e. The van der Waals surface area contributed by atoms with E-state index in [9.17, 15) is 9.18 Å². The van der Waals surface area contributed by atoms with E-state index >= 15 is 0 Å². The highest BCUT2D eigenvalue weighted by atomic mass is 79.9. The summed E-state index contributed by atoms with van der Waals surface area (Å²) in [4.78, 5) is 13.7. The lowest BCUT2D eigenvalue weighted by atomic mass is 9.99. The van der Waals surface area contributed by atoms with Gasteiger partial charge in [0.05, 0.1) is 11.6 Å². The average molecular weight is 337 g/mol. The van der Waals surface area contributed by atoms with E-state index in [2.05, 4.69) is 20.9 Å². The second-order valence-corrected chi connectivity index (χ2v) is 5.27. The number of hydrogen-bond donors (Lipinski definition) is 2. The molecular formula is C14H10BrFN2O2. The molecular weight excluding hydrogens is 327 g/mol. The molecule has 0 bridgehead atoms. The van der Waals surface area contributed by atoms with Gasteiger partial charge >= 0.3 is 5.76 Å². The number of hydrogen-bond acceptors (Lipinski definition) is 3. The third-order valence-corrected chi connectivity index (χ3v) is 3.82. The van der Waals surface area contributed by atoms with Gasteiger partial charge in [-0.2, -0.15) is 0 Å². The number of fused-ring (bicyclic) bond motifs is 1. The van der Waals surface area contributed by atoms with Crippen LogP contribution in [0.1, 0.15) is 17.2 Å². The van der Waals surface area contributed by atoms with Crippen molar-refractivity contribution in [2.75, 3.05) is 0 Å². The summed E-state index contributed by atoms with van der Waals surface area (Å²) in [6, 6.07) is 8.98. The van der Waals surface area contributed by atoms with Crippen LogP contribution in [0.25, 0.3) is 11.1 Å². The summed E-state index contributed by atoms with van der Waals surface area (Å²) in [5, 5.41) is 0. The molecule has 20 heavy (non-hydrogen) atoms. The number of rotatable bonds is 2. The fourth-order valence-electron chi connectivity index (χ4n) is 2.09. The van der Waals surface area contributed by atoms with E-state index in [0.29, 0.717) is 16.7 Å². The lowest BCUT2D eigenvalue weighted by molar-refractivity contribution is 0.555. The van der Waals surface area contributed by atoms with Gasteiger partial charge in [-0.05, 0) is 41.5 Å². The molecule has 4 nitrogen and oxygen atoms in total. The third kappa shape index (κ3) is 2.28. The van der Waals surface area contributed by atoms with E-state index < -0.39 is 11.8 Å². The number of H-pyrrole nitrogens is 1. The Morgan fingerprint density at radius 1 is 1.25 bits per heavy atom. The van der Waals surface area contributed by atoms with Crippen LogP contribution in [0.3, 0.4) is 0 Å². The highest BCUT2D eigenvalue weighted by Crippen LogP contribution is 2.28. The minimum atomic E-state index is -0.523. The Balaban J connectivity index is 2.09. The number of aromatic nitrogens is 1. The van der Waals surface area contributed by atoms with Crippen molar-refractivity contribution in [2.24, 2.45) is 5.73 Å². The number of nitrogens with one attached hydrogen (secondary N) is 1. The van der Waals surface area contributed by atoms with Crippen molar-refractivity contribution in [3.05, 3.63) is 68.4 Å². The van der Waals surface area contributed by atoms with Gasteiger partial charge in [0.15, 0.2) is 5.58 Å². The van der Waals surface area contributed by atoms with Crippen molar-refractivity contribution in [2.45, 2.75) is 6.04 Å². The SMILES string of the molecule is NC(c1ccc2[nH]c(=O)oc2c1)c1cc(F)ccc1Br. The van der Waals surface area contributed by atoms with E-state index in [1.54, 1.807) is 24.3 Å². The van der Waals surface area contributed by atoms with Gasteiger partial charge in [0, 0.05) is 4.47 Å². The minimum Gasteiger partial charge on any atom is -0.408 e. The van der Waals surface area contributed by atoms with Crippen LogP contribution in [0.15, 0.2) is 50.1 Å². The van der Waals surface area contributed by atoms with Crippen LogP contribution >= 0.6 is 15.9 Å². The Hall–Kier alpha value is -1.92. The van der Waals surface area contributed by atoms with Gasteiger partial charge in [-0.1, -0.05) is 22.0 Å². The first-order valence-electron chi connectivity index (χ1n) is 5.88. The van der Waals surface area contributed by atoms with Crippen LogP contribution in [-0.2, 0) is 0 Å². The Morgan fingerprint density at radius 3 is 2.85 bits per heavy atom. The molecule has 1 atom stereocenters. The monoisotopic (exact) mass is 336 g/mol. The molecule has 0 amide bonds. The van der Waals surface area contributed by atoms with Crippen LogP contribution in [0.5, 0.6) is 0 Å². The molecule has 0 aliphatic rings. The van der Waals surface area contributed by atoms with Gasteiger partial charge in [-0.3, -0.25) is 4.98 Å². The lowest BCUT2D eigenvalue weighted by Gasteiger charge is -2.14. The highest BCUT2D eigenvalue weighted by Gasteiger charge is 2.14. The third-order valence-electron chi connectivity index (χ3n) is 3.10. The van der Waals surface area contributed by atoms with E-state index in [0.717, 1.165) is 10.0 Å². The van der Waals surface area contributed by atoms with Gasteiger partial charge < -0.3 is 10.2 Å². The quantitative estimate of drug-likeness (QED) is 0.755. The number of aromatic amines is 1. The molecule has 102 valence electrons. The van der Waals surface area contributed by atoms with Gasteiger partial charge in [0.25, 0.3) is 0 Å². The van der Waals surface area contributed by atoms with Crippen LogP contribution < -0.4 is 11.5 Å². The fourth-order valence-corrected chi connectivity index (χ4v) is 2.58. The molecule has 2 aromatic carbocycles. The van der Waals surface area contributed by atoms with Crippen LogP contribution in [0.2, 0.25) is 0 Å². The first-order chi connectivity index (χ1) is 9.54. The summed E-state index contributed by atoms with van der Waals surface area (Å²) in [5.74, 6) is -0.870. The molecule has 0 aliphatic carbocycles. The molecule has 3 aromatic rings. The Labute approximate surface area is 121 Å². The Bertz CT molecular complexity index is 841.